The predicted octanol–water partition coefficient (Wildman–Crippen LogP) is 13.7. The summed E-state index contributed by atoms with van der Waals surface area (Å²) in [6, 6.07) is 62.6. The van der Waals surface area contributed by atoms with Crippen LogP contribution in [-0.4, -0.2) is 25.7 Å². The molecule has 5 heteroatoms. The maximum Gasteiger partial charge on any atom is 0.164 e. The van der Waals surface area contributed by atoms with Crippen molar-refractivity contribution in [3.63, 3.8) is 0 Å². The molecule has 0 saturated carbocycles. The smallest absolute Gasteiger partial charge is 0.164 e. The molecule has 60 heavy (non-hydrogen) atoms. The normalized spacial score (nSPS) is 15.4. The van der Waals surface area contributed by atoms with E-state index in [1.807, 2.05) is 60.4 Å². The number of fused-ring (bicyclic) bond motifs is 8. The number of hydrogen-bond acceptors (Lipinski definition) is 5. The van der Waals surface area contributed by atoms with Crippen LogP contribution in [0.4, 0.5) is 0 Å². The Morgan fingerprint density at radius 1 is 0.417 bits per heavy atom. The Morgan fingerprint density at radius 2 is 0.983 bits per heavy atom. The summed E-state index contributed by atoms with van der Waals surface area (Å²) in [7, 11) is 0. The molecule has 1 aliphatic carbocycles. The molecule has 0 amide bonds. The molecule has 1 spiro atoms. The highest BCUT2D eigenvalue weighted by Crippen LogP contribution is 2.57. The number of rotatable bonds is 5. The Hall–Kier alpha value is -7.21. The fraction of sp³-hybridized carbons (Fsp3) is 0.0545. The lowest BCUT2D eigenvalue weighted by atomic mass is 9.70. The molecular weight excluding hydrogens is 749 g/mol. The summed E-state index contributed by atoms with van der Waals surface area (Å²) in [6.45, 7) is 0. The summed E-state index contributed by atoms with van der Waals surface area (Å²) in [5.41, 5.74) is 14.3. The van der Waals surface area contributed by atoms with E-state index in [1.165, 1.54) is 43.8 Å². The van der Waals surface area contributed by atoms with Gasteiger partial charge in [-0.05, 0) is 75.2 Å². The van der Waals surface area contributed by atoms with Gasteiger partial charge in [0.15, 0.2) is 17.5 Å². The van der Waals surface area contributed by atoms with Gasteiger partial charge in [-0.3, -0.25) is 4.98 Å². The van der Waals surface area contributed by atoms with Crippen molar-refractivity contribution >= 4 is 22.7 Å². The molecule has 0 bridgehead atoms. The average Bonchev–Trinajstić information content (AvgIpc) is 3.60. The number of nitrogens with zero attached hydrogens (tertiary/aromatic N) is 4. The summed E-state index contributed by atoms with van der Waals surface area (Å²) in [5, 5.41) is 1.13. The van der Waals surface area contributed by atoms with Crippen molar-refractivity contribution in [2.24, 2.45) is 0 Å². The number of hydrogen-bond donors (Lipinski definition) is 0. The summed E-state index contributed by atoms with van der Waals surface area (Å²) >= 11 is 1.90. The van der Waals surface area contributed by atoms with Crippen LogP contribution < -0.4 is 0 Å². The zero-order valence-corrected chi connectivity index (χ0v) is 33.6. The highest BCUT2D eigenvalue weighted by molar-refractivity contribution is 7.99. The van der Waals surface area contributed by atoms with Crippen LogP contribution >= 0.6 is 11.8 Å². The first-order valence-corrected chi connectivity index (χ1v) is 21.4. The Kier molecular flexibility index (Phi) is 9.09. The summed E-state index contributed by atoms with van der Waals surface area (Å²) < 4.78 is 0. The topological polar surface area (TPSA) is 51.6 Å². The minimum atomic E-state index is -0.423. The van der Waals surface area contributed by atoms with Gasteiger partial charge < -0.3 is 0 Å². The first kappa shape index (κ1) is 35.9. The molecular formula is C55H38N4S. The Labute approximate surface area is 354 Å². The van der Waals surface area contributed by atoms with Gasteiger partial charge >= 0.3 is 0 Å². The van der Waals surface area contributed by atoms with Crippen LogP contribution in [0.15, 0.2) is 211 Å². The monoisotopic (exact) mass is 786 g/mol. The third-order valence-electron chi connectivity index (χ3n) is 11.9. The van der Waals surface area contributed by atoms with Gasteiger partial charge in [-0.2, -0.15) is 0 Å². The summed E-state index contributed by atoms with van der Waals surface area (Å²) in [6.07, 6.45) is 11.7. The molecule has 1 unspecified atom stereocenters. The van der Waals surface area contributed by atoms with Gasteiger partial charge in [-0.1, -0.05) is 176 Å². The molecule has 2 aliphatic rings. The fourth-order valence-corrected chi connectivity index (χ4v) is 10.1. The van der Waals surface area contributed by atoms with E-state index in [4.69, 9.17) is 19.9 Å². The van der Waals surface area contributed by atoms with Crippen molar-refractivity contribution in [1.29, 1.82) is 0 Å². The van der Waals surface area contributed by atoms with Crippen molar-refractivity contribution in [2.75, 3.05) is 5.75 Å². The van der Waals surface area contributed by atoms with Crippen molar-refractivity contribution < 1.29 is 0 Å². The zero-order chi connectivity index (χ0) is 39.9. The lowest BCUT2D eigenvalue weighted by Gasteiger charge is -2.34. The van der Waals surface area contributed by atoms with Gasteiger partial charge in [-0.15, -0.1) is 11.8 Å². The molecule has 1 aliphatic heterocycles. The van der Waals surface area contributed by atoms with Crippen LogP contribution in [0, 0.1) is 0 Å². The molecule has 1 atom stereocenters. The molecule has 3 heterocycles. The van der Waals surface area contributed by atoms with E-state index >= 15 is 0 Å². The largest absolute Gasteiger partial charge is 0.256 e. The van der Waals surface area contributed by atoms with E-state index in [-0.39, 0.29) is 0 Å². The molecule has 0 radical (unpaired) electrons. The van der Waals surface area contributed by atoms with Crippen LogP contribution in [0.1, 0.15) is 23.1 Å². The molecule has 2 aromatic heterocycles. The maximum atomic E-state index is 5.15. The van der Waals surface area contributed by atoms with Crippen molar-refractivity contribution in [2.45, 2.75) is 16.7 Å². The zero-order valence-electron chi connectivity index (χ0n) is 32.7. The molecule has 4 nitrogen and oxygen atoms in total. The lowest BCUT2D eigenvalue weighted by Crippen LogP contribution is -2.27. The van der Waals surface area contributed by atoms with Crippen LogP contribution in [0.25, 0.3) is 78.4 Å². The van der Waals surface area contributed by atoms with Crippen LogP contribution in [0.5, 0.6) is 0 Å². The Bertz CT molecular complexity index is 3070. The van der Waals surface area contributed by atoms with Crippen molar-refractivity contribution in [3.05, 3.63) is 223 Å². The minimum absolute atomic E-state index is 0.423. The van der Waals surface area contributed by atoms with E-state index < -0.39 is 5.41 Å². The third-order valence-corrected chi connectivity index (χ3v) is 12.9. The molecule has 11 rings (SSSR count). The highest BCUT2D eigenvalue weighted by Gasteiger charge is 2.45. The van der Waals surface area contributed by atoms with E-state index in [9.17, 15) is 0 Å². The highest BCUT2D eigenvalue weighted by atomic mass is 32.2. The summed E-state index contributed by atoms with van der Waals surface area (Å²) in [4.78, 5) is 21.6. The predicted molar refractivity (Wildman–Crippen MR) is 248 cm³/mol. The van der Waals surface area contributed by atoms with Gasteiger partial charge in [0.1, 0.15) is 0 Å². The number of pyridine rings is 1. The number of benzene rings is 7. The van der Waals surface area contributed by atoms with E-state index in [2.05, 4.69) is 158 Å². The molecule has 9 aromatic rings. The van der Waals surface area contributed by atoms with Crippen LogP contribution in [0.2, 0.25) is 0 Å². The molecule has 284 valence electrons. The number of aromatic nitrogens is 4. The van der Waals surface area contributed by atoms with Gasteiger partial charge in [0, 0.05) is 44.5 Å². The average molecular weight is 787 g/mol. The Balaban J connectivity index is 1.15. The minimum Gasteiger partial charge on any atom is -0.256 e. The van der Waals surface area contributed by atoms with Crippen molar-refractivity contribution in [1.82, 2.24) is 19.9 Å². The van der Waals surface area contributed by atoms with E-state index in [0.29, 0.717) is 17.5 Å². The number of thioether (sulfide) groups is 1. The van der Waals surface area contributed by atoms with Crippen LogP contribution in [-0.2, 0) is 5.41 Å². The first-order valence-electron chi connectivity index (χ1n) is 20.4. The second-order valence-electron chi connectivity index (χ2n) is 15.3. The molecule has 7 aromatic carbocycles. The second-order valence-corrected chi connectivity index (χ2v) is 16.3. The third kappa shape index (κ3) is 6.18. The van der Waals surface area contributed by atoms with Crippen LogP contribution in [0.3, 0.4) is 0 Å². The van der Waals surface area contributed by atoms with Gasteiger partial charge in [0.2, 0.25) is 0 Å². The van der Waals surface area contributed by atoms with Gasteiger partial charge in [0.05, 0.1) is 10.9 Å². The molecule has 0 fully saturated rings. The molecule has 0 N–H and O–H groups in total. The lowest BCUT2D eigenvalue weighted by molar-refractivity contribution is 0.632. The van der Waals surface area contributed by atoms with Crippen molar-refractivity contribution in [3.8, 4) is 67.5 Å². The summed E-state index contributed by atoms with van der Waals surface area (Å²) in [5.74, 6) is 2.84. The fourth-order valence-electron chi connectivity index (χ4n) is 9.10. The second kappa shape index (κ2) is 15.2. The SMILES string of the molecule is C1=CCSc2ccccc2C2(CC=C1)c1ccc(-c3nc(-c4ccccc4)nc(-c4ccccc4)n3)cc1-c1cc(-c3ccc(-c4ccccc4)c4cccnc34)ccc12. The van der Waals surface area contributed by atoms with E-state index in [0.717, 1.165) is 50.9 Å². The number of allylic oxidation sites excluding steroid dienone is 3. The van der Waals surface area contributed by atoms with Gasteiger partial charge in [-0.25, -0.2) is 15.0 Å². The quantitative estimate of drug-likeness (QED) is 0.174. The standard InChI is InChI=1S/C55H38N4S/c1-2-15-34-60-50-25-13-12-24-49(50)55(32-14-1)47-30-26-40(43-29-28-42(37-17-6-3-7-18-37)44-23-16-33-56-51(43)44)35-45(47)46-36-41(27-31-48(46)55)54-58-52(38-19-8-4-9-20-38)57-53(59-54)39-21-10-5-11-22-39/h1-31,33,35-36H,32,34H2. The maximum absolute atomic E-state index is 5.15. The Morgan fingerprint density at radius 3 is 1.68 bits per heavy atom. The van der Waals surface area contributed by atoms with Gasteiger partial charge in [0.25, 0.3) is 0 Å². The first-order chi connectivity index (χ1) is 29.7. The van der Waals surface area contributed by atoms with E-state index in [1.54, 1.807) is 0 Å². The molecule has 0 saturated heterocycles.